The average molecular weight is 381 g/mol. The van der Waals surface area contributed by atoms with Gasteiger partial charge in [-0.05, 0) is 37.7 Å². The first-order chi connectivity index (χ1) is 12.4. The average Bonchev–Trinajstić information content (AvgIpc) is 3.07. The molecule has 142 valence electrons. The molecular formula is C17H24FN5O2S. The highest BCUT2D eigenvalue weighted by Crippen LogP contribution is 2.33. The molecule has 0 unspecified atom stereocenters. The van der Waals surface area contributed by atoms with Crippen molar-refractivity contribution in [3.05, 3.63) is 18.6 Å². The highest BCUT2D eigenvalue weighted by molar-refractivity contribution is 7.89. The topological polar surface area (TPSA) is 82.2 Å². The van der Waals surface area contributed by atoms with E-state index in [2.05, 4.69) is 19.9 Å². The molecule has 2 fully saturated rings. The lowest BCUT2D eigenvalue weighted by molar-refractivity contribution is 0.140. The fraction of sp³-hybridized carbons (Fsp3) is 0.647. The molecule has 0 atom stereocenters. The second kappa shape index (κ2) is 6.77. The van der Waals surface area contributed by atoms with Gasteiger partial charge in [-0.3, -0.25) is 0 Å². The SMILES string of the molecule is CN(c1ncnc2[nH]ccc12)[C@H]1CC[C@H](CS(=O)(=O)N2CC(F)C2)CC1. The molecule has 1 saturated carbocycles. The Labute approximate surface area is 152 Å². The van der Waals surface area contributed by atoms with Crippen molar-refractivity contribution in [1.29, 1.82) is 0 Å². The van der Waals surface area contributed by atoms with Gasteiger partial charge in [-0.25, -0.2) is 22.8 Å². The number of rotatable bonds is 5. The van der Waals surface area contributed by atoms with Gasteiger partial charge in [0.15, 0.2) is 0 Å². The van der Waals surface area contributed by atoms with E-state index in [-0.39, 0.29) is 24.8 Å². The van der Waals surface area contributed by atoms with Gasteiger partial charge in [0.05, 0.1) is 11.1 Å². The minimum atomic E-state index is -3.31. The van der Waals surface area contributed by atoms with E-state index in [9.17, 15) is 12.8 Å². The summed E-state index contributed by atoms with van der Waals surface area (Å²) in [6, 6.07) is 2.31. The van der Waals surface area contributed by atoms with Crippen LogP contribution in [0.25, 0.3) is 11.0 Å². The molecule has 0 bridgehead atoms. The number of aromatic nitrogens is 3. The third-order valence-corrected chi connectivity index (χ3v) is 7.65. The number of hydrogen-bond acceptors (Lipinski definition) is 5. The summed E-state index contributed by atoms with van der Waals surface area (Å²) in [5.74, 6) is 1.20. The Morgan fingerprint density at radius 3 is 2.69 bits per heavy atom. The van der Waals surface area contributed by atoms with Gasteiger partial charge in [0.2, 0.25) is 10.0 Å². The molecule has 3 heterocycles. The van der Waals surface area contributed by atoms with E-state index in [4.69, 9.17) is 0 Å². The van der Waals surface area contributed by atoms with Crippen molar-refractivity contribution in [2.24, 2.45) is 5.92 Å². The lowest BCUT2D eigenvalue weighted by atomic mass is 9.86. The number of halogens is 1. The van der Waals surface area contributed by atoms with Crippen LogP contribution in [0.5, 0.6) is 0 Å². The first-order valence-corrected chi connectivity index (χ1v) is 10.7. The van der Waals surface area contributed by atoms with Crippen LogP contribution in [0.1, 0.15) is 25.7 Å². The van der Waals surface area contributed by atoms with Gasteiger partial charge >= 0.3 is 0 Å². The van der Waals surface area contributed by atoms with Gasteiger partial charge in [-0.2, -0.15) is 4.31 Å². The van der Waals surface area contributed by atoms with Crippen LogP contribution in [-0.2, 0) is 10.0 Å². The van der Waals surface area contributed by atoms with Gasteiger partial charge in [0.1, 0.15) is 24.0 Å². The van der Waals surface area contributed by atoms with E-state index in [0.29, 0.717) is 6.04 Å². The molecule has 26 heavy (non-hydrogen) atoms. The van der Waals surface area contributed by atoms with Crippen molar-refractivity contribution >= 4 is 26.9 Å². The highest BCUT2D eigenvalue weighted by atomic mass is 32.2. The third-order valence-electron chi connectivity index (χ3n) is 5.67. The Morgan fingerprint density at radius 1 is 1.27 bits per heavy atom. The Morgan fingerprint density at radius 2 is 2.00 bits per heavy atom. The molecule has 4 rings (SSSR count). The molecule has 0 radical (unpaired) electrons. The van der Waals surface area contributed by atoms with Crippen LogP contribution in [0.3, 0.4) is 0 Å². The van der Waals surface area contributed by atoms with Gasteiger partial charge in [0, 0.05) is 32.4 Å². The predicted octanol–water partition coefficient (Wildman–Crippen LogP) is 1.94. The molecule has 0 spiro atoms. The molecule has 0 aromatic carbocycles. The van der Waals surface area contributed by atoms with Gasteiger partial charge in [0.25, 0.3) is 0 Å². The second-order valence-electron chi connectivity index (χ2n) is 7.42. The van der Waals surface area contributed by atoms with E-state index in [1.54, 1.807) is 6.33 Å². The van der Waals surface area contributed by atoms with Gasteiger partial charge in [-0.1, -0.05) is 0 Å². The first-order valence-electron chi connectivity index (χ1n) is 9.07. The monoisotopic (exact) mass is 381 g/mol. The van der Waals surface area contributed by atoms with Gasteiger partial charge in [-0.15, -0.1) is 0 Å². The zero-order chi connectivity index (χ0) is 18.3. The van der Waals surface area contributed by atoms with Crippen LogP contribution in [0, 0.1) is 5.92 Å². The summed E-state index contributed by atoms with van der Waals surface area (Å²) < 4.78 is 38.8. The van der Waals surface area contributed by atoms with Crippen molar-refractivity contribution in [2.45, 2.75) is 37.9 Å². The largest absolute Gasteiger partial charge is 0.356 e. The summed E-state index contributed by atoms with van der Waals surface area (Å²) in [7, 11) is -1.27. The van der Waals surface area contributed by atoms with Gasteiger partial charge < -0.3 is 9.88 Å². The third kappa shape index (κ3) is 3.29. The molecule has 1 aliphatic carbocycles. The van der Waals surface area contributed by atoms with E-state index in [1.165, 1.54) is 4.31 Å². The van der Waals surface area contributed by atoms with Crippen molar-refractivity contribution in [2.75, 3.05) is 30.8 Å². The molecule has 1 aliphatic heterocycles. The number of sulfonamides is 1. The van der Waals surface area contributed by atoms with Crippen LogP contribution in [-0.4, -0.2) is 65.8 Å². The number of H-pyrrole nitrogens is 1. The number of alkyl halides is 1. The number of hydrogen-bond donors (Lipinski definition) is 1. The molecule has 2 aliphatic rings. The number of nitrogens with zero attached hydrogens (tertiary/aromatic N) is 4. The quantitative estimate of drug-likeness (QED) is 0.856. The second-order valence-corrected chi connectivity index (χ2v) is 9.43. The van der Waals surface area contributed by atoms with Crippen LogP contribution in [0.2, 0.25) is 0 Å². The molecule has 2 aromatic heterocycles. The molecule has 1 saturated heterocycles. The summed E-state index contributed by atoms with van der Waals surface area (Å²) in [5, 5.41) is 0.998. The maximum atomic E-state index is 12.9. The van der Waals surface area contributed by atoms with Crippen LogP contribution < -0.4 is 4.90 Å². The van der Waals surface area contributed by atoms with E-state index < -0.39 is 16.2 Å². The zero-order valence-electron chi connectivity index (χ0n) is 14.8. The lowest BCUT2D eigenvalue weighted by Crippen LogP contribution is -2.52. The Bertz CT molecular complexity index is 872. The number of aromatic amines is 1. The molecule has 7 nitrogen and oxygen atoms in total. The van der Waals surface area contributed by atoms with Crippen molar-refractivity contribution in [3.63, 3.8) is 0 Å². The summed E-state index contributed by atoms with van der Waals surface area (Å²) in [5.41, 5.74) is 0.822. The fourth-order valence-electron chi connectivity index (χ4n) is 4.03. The number of anilines is 1. The lowest BCUT2D eigenvalue weighted by Gasteiger charge is -2.37. The molecule has 9 heteroatoms. The summed E-state index contributed by atoms with van der Waals surface area (Å²) in [4.78, 5) is 13.9. The number of nitrogens with one attached hydrogen (secondary N) is 1. The molecule has 0 amide bonds. The molecule has 1 N–H and O–H groups in total. The van der Waals surface area contributed by atoms with Crippen molar-refractivity contribution in [1.82, 2.24) is 19.3 Å². The normalized spacial score (nSPS) is 25.3. The van der Waals surface area contributed by atoms with Crippen LogP contribution in [0.4, 0.5) is 10.2 Å². The standard InChI is InChI=1S/C17H24FN5O2S/c1-22(17-15-6-7-19-16(15)20-11-21-17)14-4-2-12(3-5-14)10-26(24,25)23-8-13(18)9-23/h6-7,11-14H,2-5,8-10H2,1H3,(H,19,20,21)/t12-,14-. The number of fused-ring (bicyclic) bond motifs is 1. The summed E-state index contributed by atoms with van der Waals surface area (Å²) in [6.07, 6.45) is 6.01. The van der Waals surface area contributed by atoms with E-state index in [1.807, 2.05) is 19.3 Å². The summed E-state index contributed by atoms with van der Waals surface area (Å²) in [6.45, 7) is 0.0571. The van der Waals surface area contributed by atoms with Crippen molar-refractivity contribution in [3.8, 4) is 0 Å². The smallest absolute Gasteiger partial charge is 0.214 e. The first kappa shape index (κ1) is 17.7. The Kier molecular flexibility index (Phi) is 4.60. The Hall–Kier alpha value is -1.74. The maximum absolute atomic E-state index is 12.9. The minimum absolute atomic E-state index is 0.0286. The fourth-order valence-corrected chi connectivity index (χ4v) is 5.95. The van der Waals surface area contributed by atoms with E-state index >= 15 is 0 Å². The Balaban J connectivity index is 1.37. The van der Waals surface area contributed by atoms with E-state index in [0.717, 1.165) is 42.5 Å². The zero-order valence-corrected chi connectivity index (χ0v) is 15.6. The highest BCUT2D eigenvalue weighted by Gasteiger charge is 2.38. The molecular weight excluding hydrogens is 357 g/mol. The molecule has 2 aromatic rings. The maximum Gasteiger partial charge on any atom is 0.214 e. The van der Waals surface area contributed by atoms with Crippen molar-refractivity contribution < 1.29 is 12.8 Å². The van der Waals surface area contributed by atoms with Crippen LogP contribution >= 0.6 is 0 Å². The minimum Gasteiger partial charge on any atom is -0.356 e. The predicted molar refractivity (Wildman–Crippen MR) is 98.3 cm³/mol. The summed E-state index contributed by atoms with van der Waals surface area (Å²) >= 11 is 0. The van der Waals surface area contributed by atoms with Crippen LogP contribution in [0.15, 0.2) is 18.6 Å².